The molecule has 0 spiro atoms. The first-order valence-corrected chi connectivity index (χ1v) is 6.07. The molecule has 2 N–H and O–H groups in total. The van der Waals surface area contributed by atoms with Gasteiger partial charge >= 0.3 is 5.97 Å². The molecule has 0 radical (unpaired) electrons. The van der Waals surface area contributed by atoms with E-state index in [2.05, 4.69) is 5.32 Å². The van der Waals surface area contributed by atoms with E-state index in [1.165, 1.54) is 17.7 Å². The first-order valence-electron chi connectivity index (χ1n) is 5.25. The Morgan fingerprint density at radius 3 is 2.93 bits per heavy atom. The third-order valence-electron chi connectivity index (χ3n) is 2.82. The molecule has 1 aliphatic heterocycles. The van der Waals surface area contributed by atoms with Crippen LogP contribution in [0.2, 0.25) is 0 Å². The number of piperidine rings is 1. The standard InChI is InChI=1S/C11H15NO2S/c1-7-8(11(13)14)6-10(15-7)9-4-2-3-5-12-9/h6,9,12H,2-5H2,1H3,(H,13,14). The van der Waals surface area contributed by atoms with E-state index in [0.29, 0.717) is 11.6 Å². The van der Waals surface area contributed by atoms with Gasteiger partial charge in [0.15, 0.2) is 0 Å². The lowest BCUT2D eigenvalue weighted by molar-refractivity contribution is 0.0696. The van der Waals surface area contributed by atoms with Gasteiger partial charge in [0, 0.05) is 15.8 Å². The third kappa shape index (κ3) is 2.21. The minimum Gasteiger partial charge on any atom is -0.478 e. The summed E-state index contributed by atoms with van der Waals surface area (Å²) in [5, 5.41) is 12.4. The summed E-state index contributed by atoms with van der Waals surface area (Å²) in [6, 6.07) is 2.20. The van der Waals surface area contributed by atoms with Crippen LogP contribution in [0.25, 0.3) is 0 Å². The van der Waals surface area contributed by atoms with Gasteiger partial charge < -0.3 is 10.4 Å². The molecule has 82 valence electrons. The van der Waals surface area contributed by atoms with Crippen molar-refractivity contribution < 1.29 is 9.90 Å². The molecule has 2 heterocycles. The SMILES string of the molecule is Cc1sc(C2CCCCN2)cc1C(=O)O. The summed E-state index contributed by atoms with van der Waals surface area (Å²) in [6.45, 7) is 2.92. The van der Waals surface area contributed by atoms with Gasteiger partial charge in [0.1, 0.15) is 0 Å². The van der Waals surface area contributed by atoms with Gasteiger partial charge in [-0.2, -0.15) is 0 Å². The number of hydrogen-bond acceptors (Lipinski definition) is 3. The van der Waals surface area contributed by atoms with Crippen LogP contribution >= 0.6 is 11.3 Å². The Kier molecular flexibility index (Phi) is 3.07. The van der Waals surface area contributed by atoms with E-state index in [9.17, 15) is 4.79 Å². The Bertz CT molecular complexity index is 367. The second-order valence-corrected chi connectivity index (χ2v) is 5.21. The lowest BCUT2D eigenvalue weighted by Gasteiger charge is -2.22. The monoisotopic (exact) mass is 225 g/mol. The Hall–Kier alpha value is -0.870. The lowest BCUT2D eigenvalue weighted by atomic mass is 10.0. The molecule has 0 bridgehead atoms. The molecule has 2 rings (SSSR count). The maximum atomic E-state index is 10.9. The first-order chi connectivity index (χ1) is 7.18. The van der Waals surface area contributed by atoms with Crippen LogP contribution in [0, 0.1) is 6.92 Å². The summed E-state index contributed by atoms with van der Waals surface area (Å²) in [5.41, 5.74) is 0.461. The van der Waals surface area contributed by atoms with Gasteiger partial charge in [-0.1, -0.05) is 6.42 Å². The normalized spacial score (nSPS) is 21.5. The van der Waals surface area contributed by atoms with Gasteiger partial charge in [0.05, 0.1) is 5.56 Å². The molecule has 0 aliphatic carbocycles. The van der Waals surface area contributed by atoms with Crippen LogP contribution in [-0.4, -0.2) is 17.6 Å². The summed E-state index contributed by atoms with van der Waals surface area (Å²) >= 11 is 1.61. The smallest absolute Gasteiger partial charge is 0.336 e. The fourth-order valence-corrected chi connectivity index (χ4v) is 3.11. The van der Waals surface area contributed by atoms with Crippen LogP contribution in [0.4, 0.5) is 0 Å². The van der Waals surface area contributed by atoms with Crippen molar-refractivity contribution in [2.45, 2.75) is 32.2 Å². The van der Waals surface area contributed by atoms with Gasteiger partial charge in [-0.05, 0) is 32.4 Å². The molecular formula is C11H15NO2S. The van der Waals surface area contributed by atoms with E-state index < -0.39 is 5.97 Å². The van der Waals surface area contributed by atoms with E-state index in [1.54, 1.807) is 11.3 Å². The lowest BCUT2D eigenvalue weighted by Crippen LogP contribution is -2.25. The van der Waals surface area contributed by atoms with Gasteiger partial charge in [0.25, 0.3) is 0 Å². The number of carboxylic acids is 1. The van der Waals surface area contributed by atoms with E-state index in [-0.39, 0.29) is 0 Å². The summed E-state index contributed by atoms with van der Waals surface area (Å²) < 4.78 is 0. The van der Waals surface area contributed by atoms with Crippen LogP contribution in [0.5, 0.6) is 0 Å². The maximum absolute atomic E-state index is 10.9. The molecule has 1 aromatic rings. The second kappa shape index (κ2) is 4.33. The fourth-order valence-electron chi connectivity index (χ4n) is 1.98. The van der Waals surface area contributed by atoms with Crippen molar-refractivity contribution in [1.29, 1.82) is 0 Å². The molecule has 1 aliphatic rings. The van der Waals surface area contributed by atoms with Crippen LogP contribution in [0.15, 0.2) is 6.07 Å². The zero-order chi connectivity index (χ0) is 10.8. The second-order valence-electron chi connectivity index (χ2n) is 3.93. The van der Waals surface area contributed by atoms with Gasteiger partial charge in [-0.15, -0.1) is 11.3 Å². The predicted octanol–water partition coefficient (Wildman–Crippen LogP) is 2.57. The summed E-state index contributed by atoms with van der Waals surface area (Å²) in [6.07, 6.45) is 3.59. The van der Waals surface area contributed by atoms with Crippen molar-refractivity contribution in [2.75, 3.05) is 6.54 Å². The summed E-state index contributed by atoms with van der Waals surface area (Å²) in [4.78, 5) is 13.0. The Labute approximate surface area is 93.1 Å². The minimum atomic E-state index is -0.814. The Balaban J connectivity index is 2.21. The van der Waals surface area contributed by atoms with Crippen molar-refractivity contribution in [2.24, 2.45) is 0 Å². The van der Waals surface area contributed by atoms with Crippen LogP contribution < -0.4 is 5.32 Å². The van der Waals surface area contributed by atoms with E-state index in [4.69, 9.17) is 5.11 Å². The number of nitrogens with one attached hydrogen (secondary N) is 1. The first kappa shape index (κ1) is 10.6. The third-order valence-corrected chi connectivity index (χ3v) is 3.99. The highest BCUT2D eigenvalue weighted by atomic mass is 32.1. The molecule has 0 saturated carbocycles. The highest BCUT2D eigenvalue weighted by molar-refractivity contribution is 7.12. The number of thiophene rings is 1. The van der Waals surface area contributed by atoms with E-state index >= 15 is 0 Å². The van der Waals surface area contributed by atoms with Gasteiger partial charge in [-0.25, -0.2) is 4.79 Å². The highest BCUT2D eigenvalue weighted by Crippen LogP contribution is 2.31. The average Bonchev–Trinajstić information content (AvgIpc) is 2.62. The molecule has 4 heteroatoms. The van der Waals surface area contributed by atoms with Crippen molar-refractivity contribution in [3.8, 4) is 0 Å². The molecule has 15 heavy (non-hydrogen) atoms. The quantitative estimate of drug-likeness (QED) is 0.813. The van der Waals surface area contributed by atoms with Crippen molar-refractivity contribution in [1.82, 2.24) is 5.32 Å². The molecule has 1 atom stereocenters. The van der Waals surface area contributed by atoms with Crippen LogP contribution in [0.3, 0.4) is 0 Å². The summed E-state index contributed by atoms with van der Waals surface area (Å²) in [7, 11) is 0. The predicted molar refractivity (Wildman–Crippen MR) is 60.6 cm³/mol. The topological polar surface area (TPSA) is 49.3 Å². The minimum absolute atomic E-state index is 0.371. The molecular weight excluding hydrogens is 210 g/mol. The van der Waals surface area contributed by atoms with Crippen molar-refractivity contribution in [3.05, 3.63) is 21.4 Å². The number of carbonyl (C=O) groups is 1. The van der Waals surface area contributed by atoms with Gasteiger partial charge in [-0.3, -0.25) is 0 Å². The van der Waals surface area contributed by atoms with Gasteiger partial charge in [0.2, 0.25) is 0 Å². The van der Waals surface area contributed by atoms with Crippen molar-refractivity contribution >= 4 is 17.3 Å². The van der Waals surface area contributed by atoms with E-state index in [1.807, 2.05) is 13.0 Å². The number of carboxylic acid groups (broad SMARTS) is 1. The Morgan fingerprint density at radius 1 is 1.60 bits per heavy atom. The Morgan fingerprint density at radius 2 is 2.40 bits per heavy atom. The van der Waals surface area contributed by atoms with Crippen molar-refractivity contribution in [3.63, 3.8) is 0 Å². The molecule has 1 saturated heterocycles. The number of aromatic carboxylic acids is 1. The average molecular weight is 225 g/mol. The molecule has 0 aromatic carbocycles. The van der Waals surface area contributed by atoms with E-state index in [0.717, 1.165) is 17.8 Å². The zero-order valence-corrected chi connectivity index (χ0v) is 9.56. The van der Waals surface area contributed by atoms with Crippen LogP contribution in [-0.2, 0) is 0 Å². The summed E-state index contributed by atoms with van der Waals surface area (Å²) in [5.74, 6) is -0.814. The molecule has 0 amide bonds. The maximum Gasteiger partial charge on any atom is 0.336 e. The molecule has 1 aromatic heterocycles. The molecule has 1 unspecified atom stereocenters. The highest BCUT2D eigenvalue weighted by Gasteiger charge is 2.20. The zero-order valence-electron chi connectivity index (χ0n) is 8.75. The largest absolute Gasteiger partial charge is 0.478 e. The number of aryl methyl sites for hydroxylation is 1. The number of hydrogen-bond donors (Lipinski definition) is 2. The molecule has 3 nitrogen and oxygen atoms in total. The fraction of sp³-hybridized carbons (Fsp3) is 0.545. The molecule has 1 fully saturated rings. The van der Waals surface area contributed by atoms with Crippen LogP contribution in [0.1, 0.15) is 45.4 Å². The number of rotatable bonds is 2.